The molecule has 1 heterocycles. The van der Waals surface area contributed by atoms with E-state index in [1.807, 2.05) is 0 Å². The molecule has 0 fully saturated rings. The average Bonchev–Trinajstić information content (AvgIpc) is 2.73. The molecule has 0 bridgehead atoms. The Balaban J connectivity index is 2.83. The number of aromatic amines is 1. The number of hydrogen-bond acceptors (Lipinski definition) is 6. The number of nitrogens with one attached hydrogen (secondary N) is 1. The summed E-state index contributed by atoms with van der Waals surface area (Å²) in [5, 5.41) is 3.36. The molecule has 0 unspecified atom stereocenters. The topological polar surface area (TPSA) is 84.9 Å². The van der Waals surface area contributed by atoms with Crippen LogP contribution in [-0.2, 0) is 20.5 Å². The molecule has 0 aliphatic carbocycles. The molecule has 1 aromatic rings. The highest BCUT2D eigenvalue weighted by Crippen LogP contribution is 2.28. The monoisotopic (exact) mass is 297 g/mol. The van der Waals surface area contributed by atoms with Crippen LogP contribution in [0.3, 0.4) is 0 Å². The maximum atomic E-state index is 12.3. The average molecular weight is 297 g/mol. The first-order chi connectivity index (χ1) is 8.75. The molecule has 0 saturated heterocycles. The Morgan fingerprint density at radius 3 is 2.53 bits per heavy atom. The second-order valence-electron chi connectivity index (χ2n) is 3.32. The van der Waals surface area contributed by atoms with E-state index in [0.29, 0.717) is 11.8 Å². The van der Waals surface area contributed by atoms with Crippen LogP contribution in [0.15, 0.2) is 5.16 Å². The van der Waals surface area contributed by atoms with Crippen molar-refractivity contribution < 1.29 is 27.5 Å². The number of ether oxygens (including phenoxy) is 1. The lowest BCUT2D eigenvalue weighted by atomic mass is 10.3. The molecule has 0 radical (unpaired) electrons. The highest BCUT2D eigenvalue weighted by Gasteiger charge is 2.36. The summed E-state index contributed by atoms with van der Waals surface area (Å²) in [4.78, 5) is 25.9. The van der Waals surface area contributed by atoms with Crippen LogP contribution in [0, 0.1) is 0 Å². The van der Waals surface area contributed by atoms with Crippen molar-refractivity contribution in [3.8, 4) is 0 Å². The molecule has 0 aromatic carbocycles. The van der Waals surface area contributed by atoms with Crippen molar-refractivity contribution in [2.75, 3.05) is 6.61 Å². The smallest absolute Gasteiger partial charge is 0.451 e. The second kappa shape index (κ2) is 6.04. The van der Waals surface area contributed by atoms with Crippen LogP contribution in [0.5, 0.6) is 0 Å². The molecule has 6 nitrogen and oxygen atoms in total. The SMILES string of the molecule is CCOC(=O)[C@@H](Sc1n[nH]c(C(F)(F)F)n1)C(C)=O. The van der Waals surface area contributed by atoms with Crippen LogP contribution >= 0.6 is 11.8 Å². The normalized spacial score (nSPS) is 13.1. The summed E-state index contributed by atoms with van der Waals surface area (Å²) >= 11 is 0.504. The van der Waals surface area contributed by atoms with Crippen LogP contribution in [-0.4, -0.2) is 38.8 Å². The van der Waals surface area contributed by atoms with Crippen molar-refractivity contribution >= 4 is 23.5 Å². The minimum Gasteiger partial charge on any atom is -0.465 e. The number of alkyl halides is 3. The summed E-state index contributed by atoms with van der Waals surface area (Å²) in [6.07, 6.45) is -4.67. The van der Waals surface area contributed by atoms with Gasteiger partial charge in [0.2, 0.25) is 11.0 Å². The van der Waals surface area contributed by atoms with Crippen molar-refractivity contribution in [3.05, 3.63) is 5.82 Å². The zero-order valence-electron chi connectivity index (χ0n) is 9.95. The summed E-state index contributed by atoms with van der Waals surface area (Å²) in [6, 6.07) is 0. The maximum Gasteiger partial charge on any atom is 0.451 e. The first-order valence-corrected chi connectivity index (χ1v) is 5.97. The van der Waals surface area contributed by atoms with E-state index < -0.39 is 29.0 Å². The summed E-state index contributed by atoms with van der Waals surface area (Å²) < 4.78 is 41.5. The van der Waals surface area contributed by atoms with Gasteiger partial charge in [-0.3, -0.25) is 14.7 Å². The summed E-state index contributed by atoms with van der Waals surface area (Å²) in [6.45, 7) is 2.74. The van der Waals surface area contributed by atoms with Crippen molar-refractivity contribution in [1.82, 2.24) is 15.2 Å². The Labute approximate surface area is 110 Å². The van der Waals surface area contributed by atoms with E-state index in [9.17, 15) is 22.8 Å². The van der Waals surface area contributed by atoms with Gasteiger partial charge in [-0.15, -0.1) is 5.10 Å². The van der Waals surface area contributed by atoms with Crippen molar-refractivity contribution in [3.63, 3.8) is 0 Å². The number of halogens is 3. The number of esters is 1. The zero-order valence-corrected chi connectivity index (χ0v) is 10.8. The van der Waals surface area contributed by atoms with Gasteiger partial charge in [-0.25, -0.2) is 0 Å². The number of carbonyl (C=O) groups excluding carboxylic acids is 2. The van der Waals surface area contributed by atoms with Crippen molar-refractivity contribution in [1.29, 1.82) is 0 Å². The van der Waals surface area contributed by atoms with E-state index in [1.165, 1.54) is 0 Å². The fourth-order valence-corrected chi connectivity index (χ4v) is 1.83. The van der Waals surface area contributed by atoms with Gasteiger partial charge >= 0.3 is 12.1 Å². The van der Waals surface area contributed by atoms with Crippen molar-refractivity contribution in [2.45, 2.75) is 30.4 Å². The summed E-state index contributed by atoms with van der Waals surface area (Å²) in [5.41, 5.74) is 0. The Morgan fingerprint density at radius 1 is 1.47 bits per heavy atom. The molecule has 10 heteroatoms. The standard InChI is InChI=1S/C9H10F3N3O3S/c1-3-18-6(17)5(4(2)16)19-8-13-7(14-15-8)9(10,11)12/h5H,3H2,1-2H3,(H,13,14,15)/t5-/m0/s1. The number of hydrogen-bond donors (Lipinski definition) is 1. The van der Waals surface area contributed by atoms with E-state index in [0.717, 1.165) is 6.92 Å². The second-order valence-corrected chi connectivity index (χ2v) is 4.40. The Morgan fingerprint density at radius 2 is 2.11 bits per heavy atom. The highest BCUT2D eigenvalue weighted by molar-refractivity contribution is 8.01. The van der Waals surface area contributed by atoms with Crippen LogP contribution in [0.2, 0.25) is 0 Å². The molecule has 0 aliphatic rings. The van der Waals surface area contributed by atoms with E-state index in [2.05, 4.69) is 14.8 Å². The molecular formula is C9H10F3N3O3S. The Bertz CT molecular complexity index is 475. The van der Waals surface area contributed by atoms with Crippen LogP contribution in [0.4, 0.5) is 13.2 Å². The third kappa shape index (κ3) is 4.23. The molecular weight excluding hydrogens is 287 g/mol. The highest BCUT2D eigenvalue weighted by atomic mass is 32.2. The zero-order chi connectivity index (χ0) is 14.6. The number of thioether (sulfide) groups is 1. The van der Waals surface area contributed by atoms with Gasteiger partial charge in [0.25, 0.3) is 0 Å². The van der Waals surface area contributed by atoms with Crippen LogP contribution in [0.1, 0.15) is 19.7 Å². The molecule has 1 aromatic heterocycles. The van der Waals surface area contributed by atoms with E-state index >= 15 is 0 Å². The molecule has 0 spiro atoms. The minimum absolute atomic E-state index is 0.0605. The van der Waals surface area contributed by atoms with E-state index in [4.69, 9.17) is 0 Å². The van der Waals surface area contributed by atoms with Gasteiger partial charge in [-0.2, -0.15) is 18.2 Å². The predicted molar refractivity (Wildman–Crippen MR) is 58.3 cm³/mol. The lowest BCUT2D eigenvalue weighted by Crippen LogP contribution is -2.27. The number of rotatable bonds is 5. The first-order valence-electron chi connectivity index (χ1n) is 5.09. The quantitative estimate of drug-likeness (QED) is 0.503. The molecule has 0 amide bonds. The van der Waals surface area contributed by atoms with Gasteiger partial charge in [0.05, 0.1) is 6.61 Å². The Kier molecular flexibility index (Phi) is 4.92. The molecule has 1 atom stereocenters. The number of ketones is 1. The number of aromatic nitrogens is 3. The van der Waals surface area contributed by atoms with Gasteiger partial charge in [-0.1, -0.05) is 11.8 Å². The first kappa shape index (κ1) is 15.5. The minimum atomic E-state index is -4.67. The number of nitrogens with zero attached hydrogens (tertiary/aromatic N) is 2. The molecule has 1 rings (SSSR count). The van der Waals surface area contributed by atoms with Gasteiger partial charge < -0.3 is 4.74 Å². The fourth-order valence-electron chi connectivity index (χ4n) is 1.05. The largest absolute Gasteiger partial charge is 0.465 e. The lowest BCUT2D eigenvalue weighted by Gasteiger charge is -2.09. The number of Topliss-reactive ketones (excluding diaryl/α,β-unsaturated/α-hetero) is 1. The predicted octanol–water partition coefficient (Wildman–Crippen LogP) is 1.44. The van der Waals surface area contributed by atoms with E-state index in [-0.39, 0.29) is 11.8 Å². The molecule has 0 aliphatic heterocycles. The summed E-state index contributed by atoms with van der Waals surface area (Å²) in [5.74, 6) is -2.68. The maximum absolute atomic E-state index is 12.3. The third-order valence-electron chi connectivity index (χ3n) is 1.83. The summed E-state index contributed by atoms with van der Waals surface area (Å²) in [7, 11) is 0. The number of H-pyrrole nitrogens is 1. The van der Waals surface area contributed by atoms with E-state index in [1.54, 1.807) is 12.0 Å². The van der Waals surface area contributed by atoms with Gasteiger partial charge in [0.1, 0.15) is 0 Å². The molecule has 19 heavy (non-hydrogen) atoms. The Hall–Kier alpha value is -1.58. The fraction of sp³-hybridized carbons (Fsp3) is 0.556. The molecule has 1 N–H and O–H groups in total. The lowest BCUT2D eigenvalue weighted by molar-refractivity contribution is -0.145. The van der Waals surface area contributed by atoms with Crippen LogP contribution < -0.4 is 0 Å². The molecule has 106 valence electrons. The van der Waals surface area contributed by atoms with Crippen molar-refractivity contribution in [2.24, 2.45) is 0 Å². The van der Waals surface area contributed by atoms with Gasteiger partial charge in [0.15, 0.2) is 11.0 Å². The van der Waals surface area contributed by atoms with Gasteiger partial charge in [0, 0.05) is 0 Å². The molecule has 0 saturated carbocycles. The van der Waals surface area contributed by atoms with Crippen LogP contribution in [0.25, 0.3) is 0 Å². The third-order valence-corrected chi connectivity index (χ3v) is 2.98. The van der Waals surface area contributed by atoms with Gasteiger partial charge in [-0.05, 0) is 13.8 Å². The number of carbonyl (C=O) groups is 2.